The molecule has 0 saturated heterocycles. The minimum Gasteiger partial charge on any atom is -0.327 e. The number of nitrogens with two attached hydrogens (primary N) is 1. The highest BCUT2D eigenvalue weighted by Gasteiger charge is 2.26. The Balaban J connectivity index is 2.25. The molecule has 1 atom stereocenters. The molecule has 0 heterocycles. The van der Waals surface area contributed by atoms with Gasteiger partial charge in [0.1, 0.15) is 0 Å². The van der Waals surface area contributed by atoms with Crippen LogP contribution in [0.1, 0.15) is 56.0 Å². The molecule has 23 heavy (non-hydrogen) atoms. The van der Waals surface area contributed by atoms with Gasteiger partial charge >= 0.3 is 0 Å². The molecule has 1 unspecified atom stereocenters. The van der Waals surface area contributed by atoms with Crippen LogP contribution in [0.3, 0.4) is 0 Å². The molecule has 124 valence electrons. The highest BCUT2D eigenvalue weighted by atomic mass is 19.1. The van der Waals surface area contributed by atoms with Crippen molar-refractivity contribution in [2.75, 3.05) is 6.54 Å². The van der Waals surface area contributed by atoms with Crippen molar-refractivity contribution in [3.8, 4) is 0 Å². The van der Waals surface area contributed by atoms with E-state index in [9.17, 15) is 9.18 Å². The number of hydrogen-bond donors (Lipinski definition) is 1. The molecule has 0 spiro atoms. The van der Waals surface area contributed by atoms with Crippen molar-refractivity contribution < 1.29 is 9.18 Å². The maximum atomic E-state index is 13.5. The Bertz CT molecular complexity index is 643. The molecule has 0 radical (unpaired) electrons. The summed E-state index contributed by atoms with van der Waals surface area (Å²) in [5.41, 5.74) is 9.48. The maximum Gasteiger partial charge on any atom is 0.198 e. The van der Waals surface area contributed by atoms with Gasteiger partial charge in [0, 0.05) is 12.1 Å². The first-order chi connectivity index (χ1) is 10.8. The van der Waals surface area contributed by atoms with Gasteiger partial charge in [-0.05, 0) is 48.8 Å². The molecular formula is C20H26FNO. The minimum atomic E-state index is -1.63. The molecule has 3 heteroatoms. The van der Waals surface area contributed by atoms with E-state index in [1.54, 1.807) is 18.2 Å². The Kier molecular flexibility index (Phi) is 5.53. The topological polar surface area (TPSA) is 43.1 Å². The van der Waals surface area contributed by atoms with Crippen molar-refractivity contribution in [3.05, 3.63) is 52.6 Å². The molecule has 0 amide bonds. The number of hydrogen-bond acceptors (Lipinski definition) is 2. The van der Waals surface area contributed by atoms with E-state index in [0.717, 1.165) is 12.0 Å². The average molecular weight is 315 g/mol. The van der Waals surface area contributed by atoms with Gasteiger partial charge in [-0.25, -0.2) is 4.39 Å². The number of halogens is 1. The zero-order chi connectivity index (χ0) is 17.0. The predicted octanol–water partition coefficient (Wildman–Crippen LogP) is 4.71. The van der Waals surface area contributed by atoms with Gasteiger partial charge in [0.2, 0.25) is 0 Å². The predicted molar refractivity (Wildman–Crippen MR) is 94.1 cm³/mol. The highest BCUT2D eigenvalue weighted by molar-refractivity contribution is 6.00. The SMILES string of the molecule is CC1=C(/C=C/c2cccc(C(=O)C(F)CN)c2)C(C)(C)CCC1. The van der Waals surface area contributed by atoms with E-state index in [4.69, 9.17) is 5.73 Å². The first kappa shape index (κ1) is 17.6. The fourth-order valence-corrected chi connectivity index (χ4v) is 3.27. The smallest absolute Gasteiger partial charge is 0.198 e. The molecular weight excluding hydrogens is 289 g/mol. The Morgan fingerprint density at radius 1 is 1.39 bits per heavy atom. The first-order valence-corrected chi connectivity index (χ1v) is 8.22. The average Bonchev–Trinajstić information content (AvgIpc) is 2.52. The van der Waals surface area contributed by atoms with Gasteiger partial charge in [0.05, 0.1) is 0 Å². The molecule has 1 aromatic rings. The van der Waals surface area contributed by atoms with Crippen LogP contribution in [-0.2, 0) is 0 Å². The Morgan fingerprint density at radius 2 is 2.13 bits per heavy atom. The number of alkyl halides is 1. The molecule has 2 N–H and O–H groups in total. The molecule has 1 aliphatic carbocycles. The van der Waals surface area contributed by atoms with Crippen molar-refractivity contribution in [3.63, 3.8) is 0 Å². The molecule has 0 aliphatic heterocycles. The fourth-order valence-electron chi connectivity index (χ4n) is 3.27. The van der Waals surface area contributed by atoms with Crippen LogP contribution in [0.4, 0.5) is 4.39 Å². The van der Waals surface area contributed by atoms with Crippen LogP contribution in [0.2, 0.25) is 0 Å². The standard InChI is InChI=1S/C20H26FNO/c1-14-6-5-11-20(2,3)17(14)10-9-15-7-4-8-16(12-15)19(23)18(21)13-22/h4,7-10,12,18H,5-6,11,13,22H2,1-3H3/b10-9+. The normalized spacial score (nSPS) is 19.2. The lowest BCUT2D eigenvalue weighted by atomic mass is 9.72. The summed E-state index contributed by atoms with van der Waals surface area (Å²) in [5, 5.41) is 0. The monoisotopic (exact) mass is 315 g/mol. The summed E-state index contributed by atoms with van der Waals surface area (Å²) >= 11 is 0. The lowest BCUT2D eigenvalue weighted by Crippen LogP contribution is -2.25. The molecule has 1 aromatic carbocycles. The van der Waals surface area contributed by atoms with Crippen LogP contribution in [0.5, 0.6) is 0 Å². The molecule has 0 bridgehead atoms. The van der Waals surface area contributed by atoms with E-state index in [-0.39, 0.29) is 12.0 Å². The van der Waals surface area contributed by atoms with Crippen molar-refractivity contribution >= 4 is 11.9 Å². The molecule has 0 saturated carbocycles. The molecule has 0 aromatic heterocycles. The first-order valence-electron chi connectivity index (χ1n) is 8.22. The third-order valence-corrected chi connectivity index (χ3v) is 4.65. The minimum absolute atomic E-state index is 0.176. The second-order valence-electron chi connectivity index (χ2n) is 6.96. The molecule has 1 aliphatic rings. The van der Waals surface area contributed by atoms with Gasteiger partial charge in [0.15, 0.2) is 12.0 Å². The van der Waals surface area contributed by atoms with Crippen LogP contribution in [-0.4, -0.2) is 18.5 Å². The largest absolute Gasteiger partial charge is 0.327 e. The quantitative estimate of drug-likeness (QED) is 0.800. The Hall–Kier alpha value is -1.74. The summed E-state index contributed by atoms with van der Waals surface area (Å²) in [6, 6.07) is 7.07. The third-order valence-electron chi connectivity index (χ3n) is 4.65. The number of ketones is 1. The van der Waals surface area contributed by atoms with Crippen LogP contribution >= 0.6 is 0 Å². The fraction of sp³-hybridized carbons (Fsp3) is 0.450. The van der Waals surface area contributed by atoms with E-state index < -0.39 is 12.0 Å². The summed E-state index contributed by atoms with van der Waals surface area (Å²) in [6.45, 7) is 6.45. The number of Topliss-reactive ketones (excluding diaryl/α,β-unsaturated/α-hetero) is 1. The Morgan fingerprint density at radius 3 is 2.78 bits per heavy atom. The number of benzene rings is 1. The van der Waals surface area contributed by atoms with Crippen molar-refractivity contribution in [1.29, 1.82) is 0 Å². The summed E-state index contributed by atoms with van der Waals surface area (Å²) in [6.07, 6.45) is 6.09. The van der Waals surface area contributed by atoms with Crippen LogP contribution in [0.15, 0.2) is 41.5 Å². The number of rotatable bonds is 5. The van der Waals surface area contributed by atoms with Gasteiger partial charge in [-0.15, -0.1) is 0 Å². The third kappa shape index (κ3) is 4.17. The summed E-state index contributed by atoms with van der Waals surface area (Å²) in [4.78, 5) is 11.9. The van der Waals surface area contributed by atoms with E-state index in [2.05, 4.69) is 26.8 Å². The zero-order valence-electron chi connectivity index (χ0n) is 14.2. The van der Waals surface area contributed by atoms with Crippen molar-refractivity contribution in [2.24, 2.45) is 11.1 Å². The van der Waals surface area contributed by atoms with Gasteiger partial charge in [-0.3, -0.25) is 4.79 Å². The second-order valence-corrected chi connectivity index (χ2v) is 6.96. The summed E-state index contributed by atoms with van der Waals surface area (Å²) < 4.78 is 13.5. The Labute approximate surface area is 138 Å². The number of allylic oxidation sites excluding steroid dienone is 3. The van der Waals surface area contributed by atoms with E-state index in [1.807, 2.05) is 12.1 Å². The van der Waals surface area contributed by atoms with E-state index in [1.165, 1.54) is 24.0 Å². The molecule has 2 nitrogen and oxygen atoms in total. The van der Waals surface area contributed by atoms with Crippen molar-refractivity contribution in [2.45, 2.75) is 46.2 Å². The van der Waals surface area contributed by atoms with E-state index >= 15 is 0 Å². The molecule has 2 rings (SSSR count). The van der Waals surface area contributed by atoms with Crippen molar-refractivity contribution in [1.82, 2.24) is 0 Å². The number of carbonyl (C=O) groups is 1. The van der Waals surface area contributed by atoms with Crippen LogP contribution in [0.25, 0.3) is 6.08 Å². The van der Waals surface area contributed by atoms with Gasteiger partial charge < -0.3 is 5.73 Å². The van der Waals surface area contributed by atoms with E-state index in [0.29, 0.717) is 5.56 Å². The summed E-state index contributed by atoms with van der Waals surface area (Å²) in [5.74, 6) is -0.545. The lowest BCUT2D eigenvalue weighted by molar-refractivity contribution is 0.0885. The zero-order valence-corrected chi connectivity index (χ0v) is 14.2. The second kappa shape index (κ2) is 7.22. The number of carbonyl (C=O) groups excluding carboxylic acids is 1. The van der Waals surface area contributed by atoms with Gasteiger partial charge in [-0.1, -0.05) is 49.8 Å². The van der Waals surface area contributed by atoms with Crippen LogP contribution in [0, 0.1) is 5.41 Å². The summed E-state index contributed by atoms with van der Waals surface area (Å²) in [7, 11) is 0. The molecule has 0 fully saturated rings. The lowest BCUT2D eigenvalue weighted by Gasteiger charge is -2.32. The van der Waals surface area contributed by atoms with Gasteiger partial charge in [0.25, 0.3) is 0 Å². The highest BCUT2D eigenvalue weighted by Crippen LogP contribution is 2.40. The van der Waals surface area contributed by atoms with Crippen LogP contribution < -0.4 is 5.73 Å². The van der Waals surface area contributed by atoms with Gasteiger partial charge in [-0.2, -0.15) is 0 Å². The maximum absolute atomic E-state index is 13.5.